The van der Waals surface area contributed by atoms with E-state index in [4.69, 9.17) is 0 Å². The van der Waals surface area contributed by atoms with E-state index < -0.39 is 0 Å². The predicted molar refractivity (Wildman–Crippen MR) is 72.2 cm³/mol. The molecule has 0 radical (unpaired) electrons. The Hall–Kier alpha value is -1.29. The van der Waals surface area contributed by atoms with Crippen molar-refractivity contribution in [3.05, 3.63) is 34.1 Å². The van der Waals surface area contributed by atoms with Gasteiger partial charge in [-0.05, 0) is 31.0 Å². The maximum atomic E-state index is 9.89. The fourth-order valence-corrected chi connectivity index (χ4v) is 2.22. The number of H-pyrrole nitrogens is 1. The van der Waals surface area contributed by atoms with Crippen LogP contribution in [0.3, 0.4) is 0 Å². The Morgan fingerprint density at radius 3 is 2.59 bits per heavy atom. The summed E-state index contributed by atoms with van der Waals surface area (Å²) in [6, 6.07) is 5.41. The molecule has 17 heavy (non-hydrogen) atoms. The van der Waals surface area contributed by atoms with E-state index in [0.717, 1.165) is 27.2 Å². The monoisotopic (exact) mass is 294 g/mol. The second-order valence-corrected chi connectivity index (χ2v) is 5.33. The number of nitrogens with one attached hydrogen (secondary N) is 1. The van der Waals surface area contributed by atoms with Gasteiger partial charge in [0.05, 0.1) is 11.3 Å². The highest BCUT2D eigenvalue weighted by atomic mass is 79.9. The van der Waals surface area contributed by atoms with Crippen LogP contribution in [0.15, 0.2) is 22.7 Å². The Morgan fingerprint density at radius 1 is 1.35 bits per heavy atom. The second-order valence-electron chi connectivity index (χ2n) is 4.41. The highest BCUT2D eigenvalue weighted by molar-refractivity contribution is 9.10. The van der Waals surface area contributed by atoms with Gasteiger partial charge in [-0.2, -0.15) is 0 Å². The smallest absolute Gasteiger partial charge is 0.141 e. The number of aromatic hydroxyl groups is 1. The van der Waals surface area contributed by atoms with Crippen LogP contribution in [-0.4, -0.2) is 15.1 Å². The van der Waals surface area contributed by atoms with Gasteiger partial charge in [-0.3, -0.25) is 0 Å². The number of aromatic amines is 1. The van der Waals surface area contributed by atoms with Gasteiger partial charge in [0.15, 0.2) is 0 Å². The van der Waals surface area contributed by atoms with Gasteiger partial charge in [-0.25, -0.2) is 4.98 Å². The number of imidazole rings is 1. The first-order valence-corrected chi connectivity index (χ1v) is 6.33. The largest absolute Gasteiger partial charge is 0.507 e. The third kappa shape index (κ3) is 2.36. The van der Waals surface area contributed by atoms with Crippen LogP contribution in [0.2, 0.25) is 0 Å². The van der Waals surface area contributed by atoms with Crippen LogP contribution in [0.4, 0.5) is 0 Å². The quantitative estimate of drug-likeness (QED) is 0.880. The van der Waals surface area contributed by atoms with Crippen molar-refractivity contribution in [1.82, 2.24) is 9.97 Å². The molecule has 1 aromatic carbocycles. The van der Waals surface area contributed by atoms with Crippen molar-refractivity contribution in [2.75, 3.05) is 0 Å². The van der Waals surface area contributed by atoms with E-state index >= 15 is 0 Å². The van der Waals surface area contributed by atoms with Crippen molar-refractivity contribution in [1.29, 1.82) is 0 Å². The topological polar surface area (TPSA) is 48.9 Å². The van der Waals surface area contributed by atoms with Crippen LogP contribution in [0.5, 0.6) is 5.75 Å². The summed E-state index contributed by atoms with van der Waals surface area (Å²) in [5, 5.41) is 9.89. The third-order valence-electron chi connectivity index (χ3n) is 2.68. The molecule has 0 aliphatic rings. The number of benzene rings is 1. The molecule has 1 heterocycles. The van der Waals surface area contributed by atoms with E-state index in [-0.39, 0.29) is 5.75 Å². The van der Waals surface area contributed by atoms with Gasteiger partial charge >= 0.3 is 0 Å². The van der Waals surface area contributed by atoms with Gasteiger partial charge in [0.2, 0.25) is 0 Å². The Kier molecular flexibility index (Phi) is 3.24. The molecule has 1 aromatic heterocycles. The van der Waals surface area contributed by atoms with E-state index in [9.17, 15) is 5.11 Å². The first-order valence-electron chi connectivity index (χ1n) is 5.54. The zero-order valence-electron chi connectivity index (χ0n) is 10.1. The molecule has 0 saturated carbocycles. The van der Waals surface area contributed by atoms with E-state index in [1.54, 1.807) is 6.07 Å². The number of phenolic OH excluding ortho intramolecular Hbond substituents is 1. The van der Waals surface area contributed by atoms with Gasteiger partial charge in [0.1, 0.15) is 11.6 Å². The molecular weight excluding hydrogens is 280 g/mol. The lowest BCUT2D eigenvalue weighted by atomic mass is 10.1. The number of aromatic nitrogens is 2. The number of halogens is 1. The fourth-order valence-electron chi connectivity index (χ4n) is 1.87. The first-order chi connectivity index (χ1) is 7.99. The molecule has 0 aliphatic carbocycles. The Bertz CT molecular complexity index is 546. The zero-order chi connectivity index (χ0) is 12.6. The van der Waals surface area contributed by atoms with Crippen LogP contribution >= 0.6 is 15.9 Å². The van der Waals surface area contributed by atoms with Crippen LogP contribution in [0, 0.1) is 6.92 Å². The Labute approximate surface area is 109 Å². The standard InChI is InChI=1S/C13H15BrN2O/c1-7(2)12-8(3)15-13(16-12)10-5-4-9(14)6-11(10)17/h4-7,17H,1-3H3,(H,15,16). The minimum absolute atomic E-state index is 0.225. The van der Waals surface area contributed by atoms with Gasteiger partial charge in [0.25, 0.3) is 0 Å². The summed E-state index contributed by atoms with van der Waals surface area (Å²) in [5.41, 5.74) is 2.82. The number of nitrogens with zero attached hydrogens (tertiary/aromatic N) is 1. The molecule has 2 aromatic rings. The molecule has 0 spiro atoms. The molecular formula is C13H15BrN2O. The predicted octanol–water partition coefficient (Wildman–Crippen LogP) is 3.98. The van der Waals surface area contributed by atoms with E-state index in [2.05, 4.69) is 39.7 Å². The Morgan fingerprint density at radius 2 is 2.06 bits per heavy atom. The van der Waals surface area contributed by atoms with Crippen molar-refractivity contribution < 1.29 is 5.11 Å². The average molecular weight is 295 g/mol. The van der Waals surface area contributed by atoms with Gasteiger partial charge in [-0.15, -0.1) is 0 Å². The molecule has 0 unspecified atom stereocenters. The number of hydrogen-bond acceptors (Lipinski definition) is 2. The lowest BCUT2D eigenvalue weighted by Gasteiger charge is -2.01. The summed E-state index contributed by atoms with van der Waals surface area (Å²) in [6.45, 7) is 6.21. The first kappa shape index (κ1) is 12.2. The minimum Gasteiger partial charge on any atom is -0.507 e. The summed E-state index contributed by atoms with van der Waals surface area (Å²) < 4.78 is 0.853. The summed E-state index contributed by atoms with van der Waals surface area (Å²) in [6.07, 6.45) is 0. The van der Waals surface area contributed by atoms with E-state index in [1.165, 1.54) is 0 Å². The molecule has 0 atom stereocenters. The number of aryl methyl sites for hydroxylation is 1. The molecule has 0 bridgehead atoms. The van der Waals surface area contributed by atoms with Crippen LogP contribution in [-0.2, 0) is 0 Å². The normalized spacial score (nSPS) is 11.1. The number of phenols is 1. The number of hydrogen-bond donors (Lipinski definition) is 2. The van der Waals surface area contributed by atoms with Crippen LogP contribution < -0.4 is 0 Å². The summed E-state index contributed by atoms with van der Waals surface area (Å²) in [4.78, 5) is 7.76. The molecule has 0 aliphatic heterocycles. The molecule has 4 heteroatoms. The second kappa shape index (κ2) is 4.53. The molecule has 0 saturated heterocycles. The van der Waals surface area contributed by atoms with Crippen LogP contribution in [0.25, 0.3) is 11.4 Å². The third-order valence-corrected chi connectivity index (χ3v) is 3.18. The van der Waals surface area contributed by atoms with Crippen molar-refractivity contribution >= 4 is 15.9 Å². The highest BCUT2D eigenvalue weighted by Gasteiger charge is 2.13. The molecule has 2 rings (SSSR count). The van der Waals surface area contributed by atoms with Crippen molar-refractivity contribution in [2.24, 2.45) is 0 Å². The lowest BCUT2D eigenvalue weighted by Crippen LogP contribution is -1.89. The van der Waals surface area contributed by atoms with Gasteiger partial charge < -0.3 is 10.1 Å². The van der Waals surface area contributed by atoms with Crippen molar-refractivity contribution in [3.63, 3.8) is 0 Å². The average Bonchev–Trinajstić information content (AvgIpc) is 2.60. The molecule has 0 amide bonds. The van der Waals surface area contributed by atoms with E-state index in [1.807, 2.05) is 19.1 Å². The van der Waals surface area contributed by atoms with Crippen molar-refractivity contribution in [2.45, 2.75) is 26.7 Å². The minimum atomic E-state index is 0.225. The van der Waals surface area contributed by atoms with Crippen molar-refractivity contribution in [3.8, 4) is 17.1 Å². The van der Waals surface area contributed by atoms with E-state index in [0.29, 0.717) is 5.92 Å². The highest BCUT2D eigenvalue weighted by Crippen LogP contribution is 2.31. The zero-order valence-corrected chi connectivity index (χ0v) is 11.7. The SMILES string of the molecule is Cc1[nH]c(-c2ccc(Br)cc2O)nc1C(C)C. The molecule has 90 valence electrons. The van der Waals surface area contributed by atoms with Gasteiger partial charge in [0, 0.05) is 10.2 Å². The maximum absolute atomic E-state index is 9.89. The molecule has 0 fully saturated rings. The Balaban J connectivity index is 2.50. The van der Waals surface area contributed by atoms with Gasteiger partial charge in [-0.1, -0.05) is 29.8 Å². The summed E-state index contributed by atoms with van der Waals surface area (Å²) >= 11 is 3.32. The lowest BCUT2D eigenvalue weighted by molar-refractivity contribution is 0.476. The molecule has 2 N–H and O–H groups in total. The maximum Gasteiger partial charge on any atom is 0.141 e. The number of rotatable bonds is 2. The molecule has 3 nitrogen and oxygen atoms in total. The fraction of sp³-hybridized carbons (Fsp3) is 0.308. The summed E-state index contributed by atoms with van der Waals surface area (Å²) in [7, 11) is 0. The van der Waals surface area contributed by atoms with Crippen LogP contribution in [0.1, 0.15) is 31.2 Å². The summed E-state index contributed by atoms with van der Waals surface area (Å²) in [5.74, 6) is 1.32.